The van der Waals surface area contributed by atoms with E-state index in [2.05, 4.69) is 156 Å². The van der Waals surface area contributed by atoms with Crippen LogP contribution in [0.1, 0.15) is 95.5 Å². The fourth-order valence-corrected chi connectivity index (χ4v) is 10.3. The first kappa shape index (κ1) is 31.1. The number of nitrogens with zero attached hydrogens (tertiary/aromatic N) is 2. The van der Waals surface area contributed by atoms with Crippen LogP contribution >= 0.6 is 0 Å². The largest absolute Gasteiger partial charge is 0.482 e. The van der Waals surface area contributed by atoms with Crippen molar-refractivity contribution in [3.63, 3.8) is 0 Å². The number of rotatable bonds is 5. The van der Waals surface area contributed by atoms with Gasteiger partial charge in [-0.05, 0) is 111 Å². The van der Waals surface area contributed by atoms with Gasteiger partial charge in [0, 0.05) is 51.5 Å². The van der Waals surface area contributed by atoms with Gasteiger partial charge in [-0.3, -0.25) is 0 Å². The van der Waals surface area contributed by atoms with Crippen molar-refractivity contribution in [2.75, 3.05) is 4.90 Å². The van der Waals surface area contributed by atoms with E-state index in [1.807, 2.05) is 0 Å². The zero-order valence-electron chi connectivity index (χ0n) is 30.2. The van der Waals surface area contributed by atoms with Crippen LogP contribution in [0, 0.1) is 0 Å². The first-order chi connectivity index (χ1) is 26.1. The molecule has 0 fully saturated rings. The number of allylic oxidation sites excluding steroid dienone is 5. The quantitative estimate of drug-likeness (QED) is 0.172. The smallest absolute Gasteiger partial charge is 0.137 e. The molecule has 5 unspecified atom stereocenters. The van der Waals surface area contributed by atoms with Gasteiger partial charge < -0.3 is 18.6 Å². The molecular formula is C49H44N2O2. The minimum Gasteiger partial charge on any atom is -0.482 e. The number of para-hydroxylation sites is 1. The molecule has 6 aliphatic rings. The second-order valence-electron chi connectivity index (χ2n) is 15.9. The van der Waals surface area contributed by atoms with Crippen molar-refractivity contribution >= 4 is 34.9 Å². The van der Waals surface area contributed by atoms with Crippen molar-refractivity contribution in [3.8, 4) is 5.75 Å². The monoisotopic (exact) mass is 692 g/mol. The molecule has 5 aromatic rings. The van der Waals surface area contributed by atoms with Crippen molar-refractivity contribution in [2.24, 2.45) is 0 Å². The fourth-order valence-electron chi connectivity index (χ4n) is 10.3. The summed E-state index contributed by atoms with van der Waals surface area (Å²) in [6.45, 7) is 2.25. The van der Waals surface area contributed by atoms with Crippen LogP contribution in [-0.4, -0.2) is 16.2 Å². The van der Waals surface area contributed by atoms with Gasteiger partial charge in [0.1, 0.15) is 22.7 Å². The average molecular weight is 693 g/mol. The number of furan rings is 1. The molecule has 1 aliphatic heterocycles. The SMILES string of the molecule is CC12C=C(N(c3cccc4oc5c(c34)CCC=C5)C3C=Cc4c(c5c(n4C4CC=CCC4)CC(c4ccccc4)C=C5)C3)C=CC1c1ccccc1O2. The van der Waals surface area contributed by atoms with Crippen molar-refractivity contribution < 1.29 is 9.15 Å². The molecule has 0 saturated heterocycles. The first-order valence-electron chi connectivity index (χ1n) is 19.6. The Morgan fingerprint density at radius 2 is 1.70 bits per heavy atom. The standard InChI is InChI=1S/C49H44N2O2/c1-49-31-36(24-27-41(49)38-17-8-11-21-46(38)53-49)50(43-19-12-22-47-48(43)39-18-9-10-20-45(39)52-47)35-25-28-42-40(30-35)37-26-23-33(32-13-4-2-5-14-32)29-44(37)51(42)34-15-6-3-7-16-34/h2-6,8,10-14,17,19-28,31,33-35,41H,7,9,15-16,18,29-30H2,1H3. The second-order valence-corrected chi connectivity index (χ2v) is 15.9. The maximum absolute atomic E-state index is 6.79. The van der Waals surface area contributed by atoms with Gasteiger partial charge >= 0.3 is 0 Å². The van der Waals surface area contributed by atoms with Crippen molar-refractivity contribution in [1.29, 1.82) is 0 Å². The fraction of sp³-hybridized carbons (Fsp3) is 0.265. The highest BCUT2D eigenvalue weighted by Gasteiger charge is 2.45. The Morgan fingerprint density at radius 3 is 2.60 bits per heavy atom. The van der Waals surface area contributed by atoms with Gasteiger partial charge in [-0.25, -0.2) is 0 Å². The molecule has 2 aromatic heterocycles. The topological polar surface area (TPSA) is 30.5 Å². The number of benzene rings is 3. The summed E-state index contributed by atoms with van der Waals surface area (Å²) >= 11 is 0. The zero-order valence-corrected chi connectivity index (χ0v) is 30.2. The third kappa shape index (κ3) is 4.88. The summed E-state index contributed by atoms with van der Waals surface area (Å²) in [6, 6.07) is 26.8. The van der Waals surface area contributed by atoms with E-state index in [1.54, 1.807) is 0 Å². The molecule has 0 bridgehead atoms. The van der Waals surface area contributed by atoms with E-state index < -0.39 is 5.60 Å². The molecule has 3 aromatic carbocycles. The van der Waals surface area contributed by atoms with Gasteiger partial charge in [-0.1, -0.05) is 97.1 Å². The lowest BCUT2D eigenvalue weighted by molar-refractivity contribution is 0.154. The molecule has 0 spiro atoms. The first-order valence-corrected chi connectivity index (χ1v) is 19.6. The van der Waals surface area contributed by atoms with E-state index >= 15 is 0 Å². The van der Waals surface area contributed by atoms with E-state index in [0.717, 1.165) is 55.6 Å². The summed E-state index contributed by atoms with van der Waals surface area (Å²) in [5.41, 5.74) is 12.7. The number of hydrogen-bond donors (Lipinski definition) is 0. The Bertz CT molecular complexity index is 2470. The van der Waals surface area contributed by atoms with Crippen LogP contribution in [0.2, 0.25) is 0 Å². The number of hydrogen-bond acceptors (Lipinski definition) is 3. The molecule has 4 nitrogen and oxygen atoms in total. The van der Waals surface area contributed by atoms with Crippen molar-refractivity contribution in [1.82, 2.24) is 4.57 Å². The van der Waals surface area contributed by atoms with Crippen LogP contribution in [0.3, 0.4) is 0 Å². The van der Waals surface area contributed by atoms with Crippen molar-refractivity contribution in [3.05, 3.63) is 172 Å². The molecule has 4 heteroatoms. The van der Waals surface area contributed by atoms with Crippen LogP contribution in [0.4, 0.5) is 5.69 Å². The zero-order chi connectivity index (χ0) is 35.1. The molecule has 262 valence electrons. The Balaban J connectivity index is 1.06. The van der Waals surface area contributed by atoms with Crippen LogP contribution in [0.15, 0.2) is 132 Å². The molecule has 5 aliphatic carbocycles. The molecule has 0 amide bonds. The summed E-state index contributed by atoms with van der Waals surface area (Å²) < 4.78 is 16.1. The highest BCUT2D eigenvalue weighted by molar-refractivity contribution is 5.98. The average Bonchev–Trinajstić information content (AvgIpc) is 3.85. The Morgan fingerprint density at radius 1 is 0.792 bits per heavy atom. The van der Waals surface area contributed by atoms with Gasteiger partial charge in [-0.15, -0.1) is 0 Å². The van der Waals surface area contributed by atoms with E-state index in [0.29, 0.717) is 12.0 Å². The molecule has 53 heavy (non-hydrogen) atoms. The minimum absolute atomic E-state index is 0.101. The maximum Gasteiger partial charge on any atom is 0.137 e. The predicted molar refractivity (Wildman–Crippen MR) is 216 cm³/mol. The Hall–Kier alpha value is -5.48. The summed E-state index contributed by atoms with van der Waals surface area (Å²) in [5, 5.41) is 1.24. The van der Waals surface area contributed by atoms with E-state index in [1.165, 1.54) is 62.4 Å². The lowest BCUT2D eigenvalue weighted by Crippen LogP contribution is -2.40. The minimum atomic E-state index is -0.478. The second kappa shape index (κ2) is 12.0. The molecule has 0 N–H and O–H groups in total. The number of aromatic nitrogens is 1. The summed E-state index contributed by atoms with van der Waals surface area (Å²) in [5.74, 6) is 2.55. The maximum atomic E-state index is 6.79. The molecule has 0 radical (unpaired) electrons. The number of fused-ring (bicyclic) bond motifs is 9. The van der Waals surface area contributed by atoms with Crippen LogP contribution < -0.4 is 9.64 Å². The molecule has 3 heterocycles. The highest BCUT2D eigenvalue weighted by atomic mass is 16.5. The third-order valence-corrected chi connectivity index (χ3v) is 12.7. The molecule has 5 atom stereocenters. The normalized spacial score (nSPS) is 26.0. The van der Waals surface area contributed by atoms with Gasteiger partial charge in [-0.2, -0.15) is 0 Å². The Labute approximate surface area is 311 Å². The Kier molecular flexibility index (Phi) is 7.05. The van der Waals surface area contributed by atoms with E-state index in [-0.39, 0.29) is 12.0 Å². The lowest BCUT2D eigenvalue weighted by atomic mass is 9.81. The summed E-state index contributed by atoms with van der Waals surface area (Å²) in [7, 11) is 0. The highest BCUT2D eigenvalue weighted by Crippen LogP contribution is 2.51. The van der Waals surface area contributed by atoms with Gasteiger partial charge in [0.05, 0.1) is 11.7 Å². The number of aryl methyl sites for hydroxylation is 1. The van der Waals surface area contributed by atoms with Crippen LogP contribution in [0.25, 0.3) is 29.2 Å². The van der Waals surface area contributed by atoms with Gasteiger partial charge in [0.25, 0.3) is 0 Å². The summed E-state index contributed by atoms with van der Waals surface area (Å²) in [6.07, 6.45) is 33.6. The summed E-state index contributed by atoms with van der Waals surface area (Å²) in [4.78, 5) is 2.60. The lowest BCUT2D eigenvalue weighted by Gasteiger charge is -2.39. The van der Waals surface area contributed by atoms with E-state index in [4.69, 9.17) is 9.15 Å². The number of anilines is 1. The van der Waals surface area contributed by atoms with Gasteiger partial charge in [0.15, 0.2) is 0 Å². The number of ether oxygens (including phenoxy) is 1. The molecule has 0 saturated carbocycles. The molecule has 11 rings (SSSR count). The van der Waals surface area contributed by atoms with Crippen LogP contribution in [0.5, 0.6) is 5.75 Å². The van der Waals surface area contributed by atoms with E-state index in [9.17, 15) is 0 Å². The molecular weight excluding hydrogens is 649 g/mol. The van der Waals surface area contributed by atoms with Gasteiger partial charge in [0.2, 0.25) is 0 Å². The van der Waals surface area contributed by atoms with Crippen molar-refractivity contribution in [2.45, 2.75) is 81.4 Å². The third-order valence-electron chi connectivity index (χ3n) is 12.7. The van der Waals surface area contributed by atoms with Crippen LogP contribution in [-0.2, 0) is 19.3 Å². The predicted octanol–water partition coefficient (Wildman–Crippen LogP) is 11.7.